The van der Waals surface area contributed by atoms with Gasteiger partial charge in [0.05, 0.1) is 6.10 Å². The number of β-amino-alcohol motifs (C(OH)–C–C–N with tert-alkyl or cyclic N) is 1. The molecule has 1 N–H and O–H groups in total. The summed E-state index contributed by atoms with van der Waals surface area (Å²) in [6.45, 7) is 3.25. The molecule has 1 saturated carbocycles. The van der Waals surface area contributed by atoms with E-state index in [1.165, 1.54) is 51.5 Å². The lowest BCUT2D eigenvalue weighted by Gasteiger charge is -2.22. The van der Waals surface area contributed by atoms with Gasteiger partial charge in [-0.05, 0) is 31.7 Å². The van der Waals surface area contributed by atoms with Gasteiger partial charge in [0.25, 0.3) is 0 Å². The van der Waals surface area contributed by atoms with Gasteiger partial charge in [-0.3, -0.25) is 0 Å². The van der Waals surface area contributed by atoms with Gasteiger partial charge in [0, 0.05) is 13.1 Å². The van der Waals surface area contributed by atoms with Gasteiger partial charge in [-0.25, -0.2) is 0 Å². The van der Waals surface area contributed by atoms with Gasteiger partial charge in [0.15, 0.2) is 0 Å². The molecule has 0 aromatic heterocycles. The summed E-state index contributed by atoms with van der Waals surface area (Å²) in [6, 6.07) is 0. The summed E-state index contributed by atoms with van der Waals surface area (Å²) in [5.74, 6) is 1.02. The normalized spacial score (nSPS) is 29.8. The number of hydrogen-bond donors (Lipinski definition) is 1. The average Bonchev–Trinajstić information content (AvgIpc) is 2.66. The molecule has 0 aromatic rings. The smallest absolute Gasteiger partial charge is 0.0679 e. The number of rotatable bonds is 4. The van der Waals surface area contributed by atoms with E-state index in [0.29, 0.717) is 0 Å². The van der Waals surface area contributed by atoms with Crippen LogP contribution in [-0.2, 0) is 0 Å². The third-order valence-corrected chi connectivity index (χ3v) is 4.06. The quantitative estimate of drug-likeness (QED) is 0.772. The molecule has 0 unspecified atom stereocenters. The van der Waals surface area contributed by atoms with E-state index in [1.807, 2.05) is 0 Å². The van der Waals surface area contributed by atoms with Gasteiger partial charge in [-0.15, -0.1) is 0 Å². The second kappa shape index (κ2) is 5.86. The molecule has 0 aromatic carbocycles. The molecule has 0 amide bonds. The van der Waals surface area contributed by atoms with Crippen LogP contribution < -0.4 is 0 Å². The van der Waals surface area contributed by atoms with Gasteiger partial charge < -0.3 is 10.0 Å². The van der Waals surface area contributed by atoms with Crippen LogP contribution in [0.25, 0.3) is 0 Å². The second-order valence-electron chi connectivity index (χ2n) is 5.39. The molecule has 1 aliphatic heterocycles. The standard InChI is InChI=1S/C13H25NO/c15-13-8-10-14(11-13)9-4-7-12-5-2-1-3-6-12/h12-13,15H,1-11H2/t13-/m0/s1. The van der Waals surface area contributed by atoms with Crippen molar-refractivity contribution in [2.45, 2.75) is 57.5 Å². The van der Waals surface area contributed by atoms with E-state index >= 15 is 0 Å². The van der Waals surface area contributed by atoms with Gasteiger partial charge in [-0.2, -0.15) is 0 Å². The first kappa shape index (κ1) is 11.4. The Labute approximate surface area is 93.7 Å². The van der Waals surface area contributed by atoms with Crippen molar-refractivity contribution in [2.24, 2.45) is 5.92 Å². The topological polar surface area (TPSA) is 23.5 Å². The lowest BCUT2D eigenvalue weighted by atomic mass is 9.86. The monoisotopic (exact) mass is 211 g/mol. The van der Waals surface area contributed by atoms with Crippen molar-refractivity contribution in [2.75, 3.05) is 19.6 Å². The van der Waals surface area contributed by atoms with Crippen LogP contribution >= 0.6 is 0 Å². The van der Waals surface area contributed by atoms with Crippen LogP contribution in [-0.4, -0.2) is 35.7 Å². The van der Waals surface area contributed by atoms with Crippen molar-refractivity contribution in [3.63, 3.8) is 0 Å². The molecular formula is C13H25NO. The van der Waals surface area contributed by atoms with E-state index in [9.17, 15) is 5.11 Å². The molecule has 1 saturated heterocycles. The highest BCUT2D eigenvalue weighted by atomic mass is 16.3. The Balaban J connectivity index is 1.54. The first-order chi connectivity index (χ1) is 7.34. The maximum absolute atomic E-state index is 9.41. The van der Waals surface area contributed by atoms with E-state index in [2.05, 4.69) is 4.90 Å². The largest absolute Gasteiger partial charge is 0.392 e. The van der Waals surface area contributed by atoms with Crippen LogP contribution in [0.5, 0.6) is 0 Å². The fourth-order valence-corrected chi connectivity index (χ4v) is 3.09. The molecule has 0 radical (unpaired) electrons. The Hall–Kier alpha value is -0.0800. The van der Waals surface area contributed by atoms with Crippen LogP contribution in [0.15, 0.2) is 0 Å². The summed E-state index contributed by atoms with van der Waals surface area (Å²) in [7, 11) is 0. The van der Waals surface area contributed by atoms with E-state index in [-0.39, 0.29) is 6.10 Å². The van der Waals surface area contributed by atoms with Gasteiger partial charge >= 0.3 is 0 Å². The van der Waals surface area contributed by atoms with Crippen molar-refractivity contribution in [1.29, 1.82) is 0 Å². The zero-order valence-electron chi connectivity index (χ0n) is 9.83. The van der Waals surface area contributed by atoms with Crippen LogP contribution in [0.1, 0.15) is 51.4 Å². The molecule has 1 aliphatic carbocycles. The predicted molar refractivity (Wildman–Crippen MR) is 62.9 cm³/mol. The number of aliphatic hydroxyl groups excluding tert-OH is 1. The molecule has 2 fully saturated rings. The predicted octanol–water partition coefficient (Wildman–Crippen LogP) is 2.41. The zero-order chi connectivity index (χ0) is 10.5. The van der Waals surface area contributed by atoms with E-state index in [4.69, 9.17) is 0 Å². The van der Waals surface area contributed by atoms with Crippen LogP contribution in [0, 0.1) is 5.92 Å². The van der Waals surface area contributed by atoms with Gasteiger partial charge in [0.1, 0.15) is 0 Å². The number of likely N-dealkylation sites (tertiary alicyclic amines) is 1. The third kappa shape index (κ3) is 3.76. The Morgan fingerprint density at radius 2 is 1.87 bits per heavy atom. The summed E-state index contributed by atoms with van der Waals surface area (Å²) in [5, 5.41) is 9.41. The summed E-state index contributed by atoms with van der Waals surface area (Å²) < 4.78 is 0. The molecule has 0 spiro atoms. The highest BCUT2D eigenvalue weighted by Crippen LogP contribution is 2.27. The fraction of sp³-hybridized carbons (Fsp3) is 1.00. The number of aliphatic hydroxyl groups is 1. The van der Waals surface area contributed by atoms with Crippen LogP contribution in [0.2, 0.25) is 0 Å². The Morgan fingerprint density at radius 1 is 1.07 bits per heavy atom. The van der Waals surface area contributed by atoms with Gasteiger partial charge in [0.2, 0.25) is 0 Å². The molecule has 2 rings (SSSR count). The minimum atomic E-state index is -0.0420. The highest BCUT2D eigenvalue weighted by Gasteiger charge is 2.20. The summed E-state index contributed by atoms with van der Waals surface area (Å²) in [6.07, 6.45) is 11.1. The molecular weight excluding hydrogens is 186 g/mol. The summed E-state index contributed by atoms with van der Waals surface area (Å²) in [5.41, 5.74) is 0. The molecule has 1 atom stereocenters. The van der Waals surface area contributed by atoms with Crippen molar-refractivity contribution < 1.29 is 5.11 Å². The molecule has 88 valence electrons. The Morgan fingerprint density at radius 3 is 2.53 bits per heavy atom. The zero-order valence-corrected chi connectivity index (χ0v) is 9.83. The molecule has 15 heavy (non-hydrogen) atoms. The third-order valence-electron chi connectivity index (χ3n) is 4.06. The lowest BCUT2D eigenvalue weighted by Crippen LogP contribution is -2.23. The Kier molecular flexibility index (Phi) is 4.45. The van der Waals surface area contributed by atoms with E-state index < -0.39 is 0 Å². The van der Waals surface area contributed by atoms with Crippen LogP contribution in [0.3, 0.4) is 0 Å². The molecule has 1 heterocycles. The first-order valence-electron chi connectivity index (χ1n) is 6.75. The number of hydrogen-bond acceptors (Lipinski definition) is 2. The minimum absolute atomic E-state index is 0.0420. The average molecular weight is 211 g/mol. The first-order valence-corrected chi connectivity index (χ1v) is 6.75. The van der Waals surface area contributed by atoms with E-state index in [0.717, 1.165) is 25.4 Å². The maximum Gasteiger partial charge on any atom is 0.0679 e. The summed E-state index contributed by atoms with van der Waals surface area (Å²) in [4.78, 5) is 2.42. The highest BCUT2D eigenvalue weighted by molar-refractivity contribution is 4.74. The molecule has 0 bridgehead atoms. The molecule has 2 nitrogen and oxygen atoms in total. The molecule has 2 heteroatoms. The lowest BCUT2D eigenvalue weighted by molar-refractivity contribution is 0.174. The Bertz CT molecular complexity index is 173. The van der Waals surface area contributed by atoms with Crippen molar-refractivity contribution in [3.05, 3.63) is 0 Å². The second-order valence-corrected chi connectivity index (χ2v) is 5.39. The van der Waals surface area contributed by atoms with Crippen molar-refractivity contribution in [1.82, 2.24) is 4.90 Å². The number of nitrogens with zero attached hydrogens (tertiary/aromatic N) is 1. The SMILES string of the molecule is O[C@H]1CCN(CCCC2CCCCC2)C1. The molecule has 2 aliphatic rings. The summed E-state index contributed by atoms with van der Waals surface area (Å²) >= 11 is 0. The van der Waals surface area contributed by atoms with Crippen molar-refractivity contribution >= 4 is 0 Å². The van der Waals surface area contributed by atoms with E-state index in [1.54, 1.807) is 0 Å². The van der Waals surface area contributed by atoms with Crippen LogP contribution in [0.4, 0.5) is 0 Å². The fourth-order valence-electron chi connectivity index (χ4n) is 3.09. The van der Waals surface area contributed by atoms with Gasteiger partial charge in [-0.1, -0.05) is 32.1 Å². The maximum atomic E-state index is 9.41. The van der Waals surface area contributed by atoms with Crippen molar-refractivity contribution in [3.8, 4) is 0 Å². The minimum Gasteiger partial charge on any atom is -0.392 e.